The molecule has 0 aliphatic rings. The van der Waals surface area contributed by atoms with Crippen LogP contribution < -0.4 is 0 Å². The monoisotopic (exact) mass is 212 g/mol. The predicted molar refractivity (Wildman–Crippen MR) is 52.5 cm³/mol. The Morgan fingerprint density at radius 1 is 1.36 bits per heavy atom. The number of ether oxygens (including phenoxy) is 1. The first-order chi connectivity index (χ1) is 6.57. The van der Waals surface area contributed by atoms with Crippen LogP contribution in [0.3, 0.4) is 0 Å². The van der Waals surface area contributed by atoms with Crippen molar-refractivity contribution in [2.75, 3.05) is 7.11 Å². The molecule has 0 aliphatic heterocycles. The molecule has 1 rings (SSSR count). The van der Waals surface area contributed by atoms with Gasteiger partial charge in [-0.15, -0.1) is 0 Å². The highest BCUT2D eigenvalue weighted by Gasteiger charge is 2.19. The summed E-state index contributed by atoms with van der Waals surface area (Å²) in [5, 5.41) is 0.458. The van der Waals surface area contributed by atoms with Crippen LogP contribution in [0.2, 0.25) is 5.02 Å². The van der Waals surface area contributed by atoms with Crippen LogP contribution in [-0.4, -0.2) is 18.9 Å². The molecule has 0 amide bonds. The quantitative estimate of drug-likeness (QED) is 0.428. The third-order valence-corrected chi connectivity index (χ3v) is 2.29. The second kappa shape index (κ2) is 4.24. The number of benzene rings is 1. The Labute approximate surface area is 86.6 Å². The minimum absolute atomic E-state index is 0.282. The van der Waals surface area contributed by atoms with Crippen LogP contribution in [-0.2, 0) is 9.53 Å². The van der Waals surface area contributed by atoms with E-state index >= 15 is 0 Å². The maximum Gasteiger partial charge on any atom is 0.379 e. The number of hydrogen-bond donors (Lipinski definition) is 0. The molecule has 0 aromatic heterocycles. The van der Waals surface area contributed by atoms with E-state index in [4.69, 9.17) is 11.6 Å². The molecule has 0 bridgehead atoms. The molecular weight excluding hydrogens is 204 g/mol. The van der Waals surface area contributed by atoms with Crippen molar-refractivity contribution in [3.63, 3.8) is 0 Å². The number of hydrogen-bond acceptors (Lipinski definition) is 3. The Kier molecular flexibility index (Phi) is 3.25. The fraction of sp³-hybridized carbons (Fsp3) is 0.200. The molecule has 0 N–H and O–H groups in total. The Morgan fingerprint density at radius 3 is 2.57 bits per heavy atom. The Morgan fingerprint density at radius 2 is 2.00 bits per heavy atom. The molecule has 0 fully saturated rings. The standard InChI is InChI=1S/C10H9ClO3/c1-6-7(4-3-5-8(6)11)9(12)10(13)14-2/h3-5H,1-2H3. The van der Waals surface area contributed by atoms with E-state index < -0.39 is 11.8 Å². The van der Waals surface area contributed by atoms with Crippen LogP contribution in [0, 0.1) is 6.92 Å². The van der Waals surface area contributed by atoms with E-state index in [-0.39, 0.29) is 5.56 Å². The van der Waals surface area contributed by atoms with Crippen LogP contribution in [0.5, 0.6) is 0 Å². The molecule has 0 heterocycles. The largest absolute Gasteiger partial charge is 0.463 e. The maximum absolute atomic E-state index is 11.4. The zero-order valence-corrected chi connectivity index (χ0v) is 8.59. The summed E-state index contributed by atoms with van der Waals surface area (Å²) >= 11 is 5.80. The summed E-state index contributed by atoms with van der Waals surface area (Å²) in [5.41, 5.74) is 0.869. The van der Waals surface area contributed by atoms with Gasteiger partial charge >= 0.3 is 5.97 Å². The van der Waals surface area contributed by atoms with Gasteiger partial charge < -0.3 is 4.74 Å². The summed E-state index contributed by atoms with van der Waals surface area (Å²) in [6.45, 7) is 1.68. The molecule has 0 atom stereocenters. The second-order valence-corrected chi connectivity index (χ2v) is 3.14. The number of carbonyl (C=O) groups is 2. The number of methoxy groups -OCH3 is 1. The minimum atomic E-state index is -0.879. The third kappa shape index (κ3) is 1.93. The summed E-state index contributed by atoms with van der Waals surface area (Å²) in [5.74, 6) is -1.55. The zero-order chi connectivity index (χ0) is 10.7. The van der Waals surface area contributed by atoms with Gasteiger partial charge in [0.25, 0.3) is 5.78 Å². The molecule has 14 heavy (non-hydrogen) atoms. The van der Waals surface area contributed by atoms with Gasteiger partial charge in [0.1, 0.15) is 0 Å². The average Bonchev–Trinajstić information content (AvgIpc) is 2.20. The van der Waals surface area contributed by atoms with Gasteiger partial charge in [0.05, 0.1) is 7.11 Å². The Bertz CT molecular complexity index is 385. The molecule has 0 radical (unpaired) electrons. The Hall–Kier alpha value is -1.35. The summed E-state index contributed by atoms with van der Waals surface area (Å²) in [6, 6.07) is 4.82. The fourth-order valence-electron chi connectivity index (χ4n) is 1.06. The van der Waals surface area contributed by atoms with E-state index in [0.29, 0.717) is 10.6 Å². The molecule has 0 saturated heterocycles. The Balaban J connectivity index is 3.14. The van der Waals surface area contributed by atoms with Crippen LogP contribution >= 0.6 is 11.6 Å². The van der Waals surface area contributed by atoms with E-state index in [1.807, 2.05) is 0 Å². The van der Waals surface area contributed by atoms with Crippen molar-refractivity contribution in [1.29, 1.82) is 0 Å². The normalized spacial score (nSPS) is 9.64. The molecule has 1 aromatic carbocycles. The molecular formula is C10H9ClO3. The van der Waals surface area contributed by atoms with Crippen molar-refractivity contribution in [2.45, 2.75) is 6.92 Å². The van der Waals surface area contributed by atoms with Crippen LogP contribution in [0.4, 0.5) is 0 Å². The lowest BCUT2D eigenvalue weighted by Crippen LogP contribution is -2.16. The summed E-state index contributed by atoms with van der Waals surface area (Å²) in [6.07, 6.45) is 0. The lowest BCUT2D eigenvalue weighted by molar-refractivity contribution is -0.135. The molecule has 0 spiro atoms. The van der Waals surface area contributed by atoms with Gasteiger partial charge in [0.2, 0.25) is 0 Å². The highest BCUT2D eigenvalue weighted by atomic mass is 35.5. The van der Waals surface area contributed by atoms with E-state index in [1.54, 1.807) is 25.1 Å². The van der Waals surface area contributed by atoms with Crippen molar-refractivity contribution in [2.24, 2.45) is 0 Å². The fourth-order valence-corrected chi connectivity index (χ4v) is 1.23. The zero-order valence-electron chi connectivity index (χ0n) is 7.83. The summed E-state index contributed by atoms with van der Waals surface area (Å²) in [4.78, 5) is 22.4. The van der Waals surface area contributed by atoms with Gasteiger partial charge in [0.15, 0.2) is 0 Å². The number of rotatable bonds is 2. The molecule has 0 saturated carbocycles. The van der Waals surface area contributed by atoms with Crippen LogP contribution in [0.15, 0.2) is 18.2 Å². The van der Waals surface area contributed by atoms with Crippen LogP contribution in [0.1, 0.15) is 15.9 Å². The molecule has 3 nitrogen and oxygen atoms in total. The van der Waals surface area contributed by atoms with Gasteiger partial charge in [-0.1, -0.05) is 23.7 Å². The van der Waals surface area contributed by atoms with Gasteiger partial charge in [-0.05, 0) is 18.6 Å². The first-order valence-electron chi connectivity index (χ1n) is 3.95. The maximum atomic E-state index is 11.4. The van der Waals surface area contributed by atoms with Crippen molar-refractivity contribution >= 4 is 23.4 Å². The summed E-state index contributed by atoms with van der Waals surface area (Å²) in [7, 11) is 1.17. The minimum Gasteiger partial charge on any atom is -0.463 e. The highest BCUT2D eigenvalue weighted by molar-refractivity contribution is 6.42. The lowest BCUT2D eigenvalue weighted by atomic mass is 10.1. The van der Waals surface area contributed by atoms with E-state index in [1.165, 1.54) is 7.11 Å². The molecule has 74 valence electrons. The van der Waals surface area contributed by atoms with E-state index in [2.05, 4.69) is 4.74 Å². The second-order valence-electron chi connectivity index (χ2n) is 2.73. The SMILES string of the molecule is COC(=O)C(=O)c1cccc(Cl)c1C. The van der Waals surface area contributed by atoms with Crippen LogP contribution in [0.25, 0.3) is 0 Å². The van der Waals surface area contributed by atoms with Gasteiger partial charge in [-0.25, -0.2) is 4.79 Å². The number of halogens is 1. The predicted octanol–water partition coefficient (Wildman–Crippen LogP) is 2.00. The van der Waals surface area contributed by atoms with Gasteiger partial charge in [-0.2, -0.15) is 0 Å². The lowest BCUT2D eigenvalue weighted by Gasteiger charge is -2.04. The first kappa shape index (κ1) is 10.7. The molecule has 4 heteroatoms. The highest BCUT2D eigenvalue weighted by Crippen LogP contribution is 2.19. The van der Waals surface area contributed by atoms with E-state index in [0.717, 1.165) is 0 Å². The smallest absolute Gasteiger partial charge is 0.379 e. The molecule has 0 unspecified atom stereocenters. The number of Topliss-reactive ketones (excluding diaryl/α,β-unsaturated/α-hetero) is 1. The average molecular weight is 213 g/mol. The first-order valence-corrected chi connectivity index (χ1v) is 4.33. The van der Waals surface area contributed by atoms with Gasteiger partial charge in [0, 0.05) is 10.6 Å². The summed E-state index contributed by atoms with van der Waals surface area (Å²) < 4.78 is 4.33. The third-order valence-electron chi connectivity index (χ3n) is 1.88. The van der Waals surface area contributed by atoms with Crippen molar-refractivity contribution in [3.05, 3.63) is 34.3 Å². The number of carbonyl (C=O) groups excluding carboxylic acids is 2. The topological polar surface area (TPSA) is 43.4 Å². The van der Waals surface area contributed by atoms with Crippen molar-refractivity contribution in [3.8, 4) is 0 Å². The molecule has 0 aliphatic carbocycles. The number of ketones is 1. The molecule has 1 aromatic rings. The van der Waals surface area contributed by atoms with Gasteiger partial charge in [-0.3, -0.25) is 4.79 Å². The van der Waals surface area contributed by atoms with Crippen molar-refractivity contribution < 1.29 is 14.3 Å². The van der Waals surface area contributed by atoms with E-state index in [9.17, 15) is 9.59 Å². The number of esters is 1. The van der Waals surface area contributed by atoms with Crippen molar-refractivity contribution in [1.82, 2.24) is 0 Å².